The maximum absolute atomic E-state index is 12.4. The highest BCUT2D eigenvalue weighted by atomic mass is 16.3. The Hall–Kier alpha value is -2.84. The van der Waals surface area contributed by atoms with Crippen LogP contribution in [0, 0.1) is 5.92 Å². The summed E-state index contributed by atoms with van der Waals surface area (Å²) in [7, 11) is 0. The number of Topliss-reactive ketones (excluding diaryl/α,β-unsaturated/α-hetero) is 1. The fourth-order valence-corrected chi connectivity index (χ4v) is 2.41. The minimum atomic E-state index is -0.865. The highest BCUT2D eigenvalue weighted by Gasteiger charge is 2.33. The molecular formula is C16H22N4O5. The Morgan fingerprint density at radius 1 is 1.36 bits per heavy atom. The van der Waals surface area contributed by atoms with Crippen molar-refractivity contribution in [2.45, 2.75) is 38.9 Å². The van der Waals surface area contributed by atoms with Crippen LogP contribution in [0.1, 0.15) is 26.0 Å². The summed E-state index contributed by atoms with van der Waals surface area (Å²) in [5.74, 6) is -1.51. The molecule has 0 saturated carbocycles. The van der Waals surface area contributed by atoms with E-state index in [-0.39, 0.29) is 12.5 Å². The molecule has 2 atom stereocenters. The molecule has 2 heterocycles. The highest BCUT2D eigenvalue weighted by Crippen LogP contribution is 2.06. The Labute approximate surface area is 144 Å². The van der Waals surface area contributed by atoms with E-state index in [4.69, 9.17) is 4.42 Å². The van der Waals surface area contributed by atoms with E-state index in [2.05, 4.69) is 21.3 Å². The van der Waals surface area contributed by atoms with Crippen LogP contribution in [0.3, 0.4) is 0 Å². The number of carbonyl (C=O) groups is 4. The summed E-state index contributed by atoms with van der Waals surface area (Å²) < 4.78 is 5.11. The van der Waals surface area contributed by atoms with E-state index < -0.39 is 35.7 Å². The van der Waals surface area contributed by atoms with Crippen molar-refractivity contribution in [2.24, 2.45) is 5.92 Å². The third kappa shape index (κ3) is 5.07. The first kappa shape index (κ1) is 18.5. The number of hydrogen-bond acceptors (Lipinski definition) is 5. The summed E-state index contributed by atoms with van der Waals surface area (Å²) in [5, 5.41) is 10.1. The van der Waals surface area contributed by atoms with Gasteiger partial charge in [0.05, 0.1) is 18.8 Å². The molecule has 2 rings (SSSR count). The third-order valence-electron chi connectivity index (χ3n) is 3.81. The summed E-state index contributed by atoms with van der Waals surface area (Å²) in [5.41, 5.74) is 0. The van der Waals surface area contributed by atoms with Gasteiger partial charge in [-0.1, -0.05) is 13.8 Å². The molecule has 25 heavy (non-hydrogen) atoms. The molecule has 1 saturated heterocycles. The van der Waals surface area contributed by atoms with Crippen LogP contribution in [0.5, 0.6) is 0 Å². The molecule has 0 aromatic carbocycles. The Morgan fingerprint density at radius 3 is 2.76 bits per heavy atom. The lowest BCUT2D eigenvalue weighted by atomic mass is 10.0. The molecule has 2 unspecified atom stereocenters. The molecule has 0 spiro atoms. The maximum Gasteiger partial charge on any atom is 0.315 e. The van der Waals surface area contributed by atoms with Gasteiger partial charge in [0.25, 0.3) is 5.91 Å². The number of nitrogens with one attached hydrogen (secondary N) is 4. The van der Waals surface area contributed by atoms with Gasteiger partial charge >= 0.3 is 6.03 Å². The first-order valence-electron chi connectivity index (χ1n) is 8.07. The average molecular weight is 350 g/mol. The van der Waals surface area contributed by atoms with Gasteiger partial charge in [-0.15, -0.1) is 0 Å². The van der Waals surface area contributed by atoms with E-state index >= 15 is 0 Å². The molecule has 1 aliphatic rings. The van der Waals surface area contributed by atoms with E-state index in [0.717, 1.165) is 0 Å². The third-order valence-corrected chi connectivity index (χ3v) is 3.81. The first-order valence-corrected chi connectivity index (χ1v) is 8.07. The van der Waals surface area contributed by atoms with Crippen LogP contribution in [-0.2, 0) is 20.9 Å². The molecular weight excluding hydrogens is 328 g/mol. The smallest absolute Gasteiger partial charge is 0.315 e. The van der Waals surface area contributed by atoms with E-state index in [1.807, 2.05) is 0 Å². The molecule has 1 aromatic heterocycles. The van der Waals surface area contributed by atoms with Crippen LogP contribution in [0.2, 0.25) is 0 Å². The van der Waals surface area contributed by atoms with Crippen molar-refractivity contribution in [2.75, 3.05) is 6.54 Å². The van der Waals surface area contributed by atoms with E-state index in [1.165, 1.54) is 6.26 Å². The minimum Gasteiger partial charge on any atom is -0.467 e. The van der Waals surface area contributed by atoms with Crippen LogP contribution < -0.4 is 21.3 Å². The lowest BCUT2D eigenvalue weighted by Crippen LogP contribution is -2.58. The maximum atomic E-state index is 12.4. The molecule has 4 amide bonds. The van der Waals surface area contributed by atoms with Gasteiger partial charge < -0.3 is 25.7 Å². The molecule has 1 aliphatic heterocycles. The zero-order valence-corrected chi connectivity index (χ0v) is 14.1. The lowest BCUT2D eigenvalue weighted by molar-refractivity contribution is -0.142. The van der Waals surface area contributed by atoms with Crippen molar-refractivity contribution in [3.8, 4) is 0 Å². The van der Waals surface area contributed by atoms with Crippen LogP contribution in [0.4, 0.5) is 4.79 Å². The van der Waals surface area contributed by atoms with Crippen molar-refractivity contribution in [3.05, 3.63) is 24.2 Å². The van der Waals surface area contributed by atoms with Gasteiger partial charge in [0.1, 0.15) is 11.8 Å². The van der Waals surface area contributed by atoms with Crippen LogP contribution in [-0.4, -0.2) is 42.3 Å². The number of amides is 4. The molecule has 1 fully saturated rings. The highest BCUT2D eigenvalue weighted by molar-refractivity contribution is 6.39. The van der Waals surface area contributed by atoms with Crippen molar-refractivity contribution in [1.29, 1.82) is 0 Å². The predicted octanol–water partition coefficient (Wildman–Crippen LogP) is -0.323. The van der Waals surface area contributed by atoms with Crippen molar-refractivity contribution >= 4 is 23.6 Å². The topological polar surface area (TPSA) is 130 Å². The number of hydrogen-bond donors (Lipinski definition) is 4. The second kappa shape index (κ2) is 8.32. The quantitative estimate of drug-likeness (QED) is 0.522. The Bertz CT molecular complexity index is 641. The van der Waals surface area contributed by atoms with E-state index in [0.29, 0.717) is 18.7 Å². The molecule has 0 radical (unpaired) electrons. The first-order chi connectivity index (χ1) is 11.9. The van der Waals surface area contributed by atoms with Crippen LogP contribution >= 0.6 is 0 Å². The number of rotatable bonds is 6. The fraction of sp³-hybridized carbons (Fsp3) is 0.500. The number of carbonyl (C=O) groups excluding carboxylic acids is 4. The largest absolute Gasteiger partial charge is 0.467 e. The van der Waals surface area contributed by atoms with Gasteiger partial charge in [-0.3, -0.25) is 14.4 Å². The van der Waals surface area contributed by atoms with E-state index in [9.17, 15) is 19.2 Å². The van der Waals surface area contributed by atoms with Gasteiger partial charge in [0.2, 0.25) is 11.7 Å². The molecule has 0 bridgehead atoms. The summed E-state index contributed by atoms with van der Waals surface area (Å²) >= 11 is 0. The summed E-state index contributed by atoms with van der Waals surface area (Å²) in [6, 6.07) is 1.19. The van der Waals surface area contributed by atoms with Crippen molar-refractivity contribution < 1.29 is 23.6 Å². The number of furan rings is 1. The molecule has 4 N–H and O–H groups in total. The lowest BCUT2D eigenvalue weighted by Gasteiger charge is -2.26. The molecule has 9 nitrogen and oxygen atoms in total. The molecule has 0 aliphatic carbocycles. The molecule has 1 aromatic rings. The molecule has 136 valence electrons. The average Bonchev–Trinajstić information content (AvgIpc) is 3.08. The van der Waals surface area contributed by atoms with E-state index in [1.54, 1.807) is 26.0 Å². The summed E-state index contributed by atoms with van der Waals surface area (Å²) in [4.78, 5) is 47.5. The number of ketones is 1. The van der Waals surface area contributed by atoms with Crippen molar-refractivity contribution in [1.82, 2.24) is 21.3 Å². The van der Waals surface area contributed by atoms with Crippen molar-refractivity contribution in [3.63, 3.8) is 0 Å². The SMILES string of the molecule is CC(C)C(NC(=O)NCc1ccco1)C(=O)NC1CCNC(=O)C1=O. The second-order valence-corrected chi connectivity index (χ2v) is 6.10. The monoisotopic (exact) mass is 350 g/mol. The Balaban J connectivity index is 1.90. The van der Waals surface area contributed by atoms with Gasteiger partial charge in [-0.25, -0.2) is 4.79 Å². The zero-order valence-electron chi connectivity index (χ0n) is 14.1. The number of piperidine rings is 1. The predicted molar refractivity (Wildman–Crippen MR) is 87.3 cm³/mol. The van der Waals surface area contributed by atoms with Gasteiger partial charge in [0.15, 0.2) is 0 Å². The Kier molecular flexibility index (Phi) is 6.15. The van der Waals surface area contributed by atoms with Crippen LogP contribution in [0.15, 0.2) is 22.8 Å². The fourth-order valence-electron chi connectivity index (χ4n) is 2.41. The normalized spacial score (nSPS) is 18.4. The van der Waals surface area contributed by atoms with Crippen LogP contribution in [0.25, 0.3) is 0 Å². The standard InChI is InChI=1S/C16H22N4O5/c1-9(2)12(20-16(24)18-8-10-4-3-7-25-10)14(22)19-11-5-6-17-15(23)13(11)21/h3-4,7,9,11-12H,5-6,8H2,1-2H3,(H,17,23)(H,19,22)(H2,18,20,24). The molecule has 9 heteroatoms. The summed E-state index contributed by atoms with van der Waals surface area (Å²) in [6.45, 7) is 4.05. The second-order valence-electron chi connectivity index (χ2n) is 6.10. The van der Waals surface area contributed by atoms with Gasteiger partial charge in [-0.05, 0) is 24.5 Å². The van der Waals surface area contributed by atoms with Gasteiger partial charge in [0, 0.05) is 6.54 Å². The Morgan fingerprint density at radius 2 is 2.12 bits per heavy atom. The number of urea groups is 1. The minimum absolute atomic E-state index is 0.187. The van der Waals surface area contributed by atoms with Gasteiger partial charge in [-0.2, -0.15) is 0 Å². The zero-order chi connectivity index (χ0) is 18.4. The summed E-state index contributed by atoms with van der Waals surface area (Å²) in [6.07, 6.45) is 1.82.